The van der Waals surface area contributed by atoms with Crippen molar-refractivity contribution in [1.29, 1.82) is 0 Å². The van der Waals surface area contributed by atoms with E-state index in [4.69, 9.17) is 4.74 Å². The van der Waals surface area contributed by atoms with Crippen LogP contribution in [0.5, 0.6) is 0 Å². The molecule has 114 valence electrons. The average molecular weight is 272 g/mol. The van der Waals surface area contributed by atoms with E-state index >= 15 is 0 Å². The molecule has 0 aromatic carbocycles. The van der Waals surface area contributed by atoms with Gasteiger partial charge in [-0.2, -0.15) is 0 Å². The lowest BCUT2D eigenvalue weighted by molar-refractivity contribution is 0.0432. The Bertz CT molecular complexity index is 234. The predicted molar refractivity (Wildman–Crippen MR) is 79.5 cm³/mol. The van der Waals surface area contributed by atoms with Gasteiger partial charge in [-0.3, -0.25) is 4.90 Å². The number of aliphatic hydroxyl groups excluding tert-OH is 1. The molecule has 2 atom stereocenters. The molecule has 2 unspecified atom stereocenters. The fourth-order valence-corrected chi connectivity index (χ4v) is 3.30. The van der Waals surface area contributed by atoms with Gasteiger partial charge in [0.05, 0.1) is 13.2 Å². The van der Waals surface area contributed by atoms with Gasteiger partial charge < -0.3 is 15.2 Å². The molecule has 4 heteroatoms. The number of rotatable bonds is 9. The van der Waals surface area contributed by atoms with Crippen LogP contribution in [0.25, 0.3) is 0 Å². The van der Waals surface area contributed by atoms with Crippen LogP contribution in [0.4, 0.5) is 0 Å². The zero-order valence-corrected chi connectivity index (χ0v) is 13.0. The van der Waals surface area contributed by atoms with E-state index in [0.717, 1.165) is 45.7 Å². The number of hydrogen-bond donors (Lipinski definition) is 2. The van der Waals surface area contributed by atoms with Gasteiger partial charge in [0.2, 0.25) is 0 Å². The van der Waals surface area contributed by atoms with E-state index in [1.807, 2.05) is 6.92 Å². The van der Waals surface area contributed by atoms with E-state index < -0.39 is 0 Å². The zero-order chi connectivity index (χ0) is 14.1. The van der Waals surface area contributed by atoms with E-state index in [-0.39, 0.29) is 12.1 Å². The lowest BCUT2D eigenvalue weighted by Crippen LogP contribution is -2.56. The van der Waals surface area contributed by atoms with Gasteiger partial charge in [0.25, 0.3) is 0 Å². The second kappa shape index (κ2) is 8.90. The predicted octanol–water partition coefficient (Wildman–Crippen LogP) is 1.63. The van der Waals surface area contributed by atoms with Gasteiger partial charge in [-0.1, -0.05) is 13.8 Å². The normalized spacial score (nSPS) is 27.9. The van der Waals surface area contributed by atoms with Crippen molar-refractivity contribution < 1.29 is 9.84 Å². The fraction of sp³-hybridized carbons (Fsp3) is 1.00. The van der Waals surface area contributed by atoms with E-state index in [2.05, 4.69) is 24.1 Å². The number of hydrogen-bond acceptors (Lipinski definition) is 4. The SMILES string of the molecule is CCNC1(CO)CCCC(N(CC)CCOCC)C1. The number of nitrogens with one attached hydrogen (secondary N) is 1. The van der Waals surface area contributed by atoms with Gasteiger partial charge >= 0.3 is 0 Å². The largest absolute Gasteiger partial charge is 0.394 e. The molecule has 0 heterocycles. The summed E-state index contributed by atoms with van der Waals surface area (Å²) >= 11 is 0. The van der Waals surface area contributed by atoms with Crippen LogP contribution in [0.3, 0.4) is 0 Å². The van der Waals surface area contributed by atoms with Crippen molar-refractivity contribution in [3.63, 3.8) is 0 Å². The summed E-state index contributed by atoms with van der Waals surface area (Å²) in [5.41, 5.74) is -0.0588. The smallest absolute Gasteiger partial charge is 0.0613 e. The summed E-state index contributed by atoms with van der Waals surface area (Å²) in [5, 5.41) is 13.3. The van der Waals surface area contributed by atoms with Crippen molar-refractivity contribution in [3.05, 3.63) is 0 Å². The molecule has 19 heavy (non-hydrogen) atoms. The minimum Gasteiger partial charge on any atom is -0.394 e. The Morgan fingerprint density at radius 3 is 2.74 bits per heavy atom. The Morgan fingerprint density at radius 2 is 2.16 bits per heavy atom. The number of likely N-dealkylation sites (N-methyl/N-ethyl adjacent to an activating group) is 2. The summed E-state index contributed by atoms with van der Waals surface area (Å²) in [6, 6.07) is 0.574. The molecule has 0 saturated heterocycles. The first-order chi connectivity index (χ1) is 9.21. The Balaban J connectivity index is 2.55. The van der Waals surface area contributed by atoms with Crippen molar-refractivity contribution >= 4 is 0 Å². The molecule has 1 saturated carbocycles. The second-order valence-electron chi connectivity index (χ2n) is 5.54. The summed E-state index contributed by atoms with van der Waals surface area (Å²) in [5.74, 6) is 0. The van der Waals surface area contributed by atoms with E-state index in [0.29, 0.717) is 6.04 Å². The Hall–Kier alpha value is -0.160. The second-order valence-corrected chi connectivity index (χ2v) is 5.54. The third-order valence-electron chi connectivity index (χ3n) is 4.32. The quantitative estimate of drug-likeness (QED) is 0.626. The van der Waals surface area contributed by atoms with Gasteiger partial charge in [-0.25, -0.2) is 0 Å². The number of aliphatic hydroxyl groups is 1. The van der Waals surface area contributed by atoms with Gasteiger partial charge in [0.15, 0.2) is 0 Å². The highest BCUT2D eigenvalue weighted by atomic mass is 16.5. The van der Waals surface area contributed by atoms with E-state index in [1.54, 1.807) is 0 Å². The highest BCUT2D eigenvalue weighted by molar-refractivity contribution is 4.96. The molecule has 0 aliphatic heterocycles. The maximum atomic E-state index is 9.75. The maximum Gasteiger partial charge on any atom is 0.0613 e. The zero-order valence-electron chi connectivity index (χ0n) is 13.0. The van der Waals surface area contributed by atoms with Crippen molar-refractivity contribution in [2.24, 2.45) is 0 Å². The van der Waals surface area contributed by atoms with Crippen molar-refractivity contribution in [3.8, 4) is 0 Å². The van der Waals surface area contributed by atoms with Crippen molar-refractivity contribution in [2.75, 3.05) is 39.5 Å². The Labute approximate surface area is 118 Å². The third kappa shape index (κ3) is 5.03. The molecular weight excluding hydrogens is 240 g/mol. The molecule has 0 aromatic rings. The molecule has 0 radical (unpaired) electrons. The van der Waals surface area contributed by atoms with Gasteiger partial charge in [-0.05, 0) is 45.7 Å². The van der Waals surface area contributed by atoms with E-state index in [1.165, 1.54) is 12.8 Å². The lowest BCUT2D eigenvalue weighted by Gasteiger charge is -2.44. The van der Waals surface area contributed by atoms with Crippen molar-refractivity contribution in [2.45, 2.75) is 58.0 Å². The molecule has 1 rings (SSSR count). The molecule has 0 amide bonds. The van der Waals surface area contributed by atoms with Gasteiger partial charge in [-0.15, -0.1) is 0 Å². The number of nitrogens with zero attached hydrogens (tertiary/aromatic N) is 1. The van der Waals surface area contributed by atoms with Crippen LogP contribution in [0.15, 0.2) is 0 Å². The van der Waals surface area contributed by atoms with Crippen LogP contribution in [0.1, 0.15) is 46.5 Å². The van der Waals surface area contributed by atoms with E-state index in [9.17, 15) is 5.11 Å². The van der Waals surface area contributed by atoms with Crippen molar-refractivity contribution in [1.82, 2.24) is 10.2 Å². The maximum absolute atomic E-state index is 9.75. The molecule has 1 aliphatic rings. The van der Waals surface area contributed by atoms with Crippen LogP contribution in [-0.4, -0.2) is 61.0 Å². The van der Waals surface area contributed by atoms with Crippen LogP contribution in [-0.2, 0) is 4.74 Å². The van der Waals surface area contributed by atoms with Crippen LogP contribution in [0.2, 0.25) is 0 Å². The number of ether oxygens (including phenoxy) is 1. The lowest BCUT2D eigenvalue weighted by atomic mass is 9.78. The first-order valence-electron chi connectivity index (χ1n) is 7.89. The fourth-order valence-electron chi connectivity index (χ4n) is 3.30. The molecule has 4 nitrogen and oxygen atoms in total. The molecule has 2 N–H and O–H groups in total. The molecule has 1 fully saturated rings. The minimum absolute atomic E-state index is 0.0588. The first kappa shape index (κ1) is 16.9. The van der Waals surface area contributed by atoms with Crippen LogP contribution in [0, 0.1) is 0 Å². The Kier molecular flexibility index (Phi) is 7.91. The molecular formula is C15H32N2O2. The minimum atomic E-state index is -0.0588. The summed E-state index contributed by atoms with van der Waals surface area (Å²) in [7, 11) is 0. The first-order valence-corrected chi connectivity index (χ1v) is 7.89. The van der Waals surface area contributed by atoms with Gasteiger partial charge in [0.1, 0.15) is 0 Å². The third-order valence-corrected chi connectivity index (χ3v) is 4.32. The molecule has 0 aromatic heterocycles. The summed E-state index contributed by atoms with van der Waals surface area (Å²) in [6.07, 6.45) is 4.59. The van der Waals surface area contributed by atoms with Crippen LogP contribution >= 0.6 is 0 Å². The molecule has 1 aliphatic carbocycles. The highest BCUT2D eigenvalue weighted by Crippen LogP contribution is 2.31. The summed E-state index contributed by atoms with van der Waals surface area (Å²) < 4.78 is 5.48. The highest BCUT2D eigenvalue weighted by Gasteiger charge is 2.36. The summed E-state index contributed by atoms with van der Waals surface area (Å²) in [6.45, 7) is 11.2. The molecule has 0 spiro atoms. The van der Waals surface area contributed by atoms with Gasteiger partial charge in [0, 0.05) is 24.7 Å². The standard InChI is InChI=1S/C15H32N2O2/c1-4-16-15(13-18)9-7-8-14(12-15)17(5-2)10-11-19-6-3/h14,16,18H,4-13H2,1-3H3. The monoisotopic (exact) mass is 272 g/mol. The Morgan fingerprint density at radius 1 is 1.37 bits per heavy atom. The summed E-state index contributed by atoms with van der Waals surface area (Å²) in [4.78, 5) is 2.51. The molecule has 0 bridgehead atoms. The average Bonchev–Trinajstić information content (AvgIpc) is 2.44. The topological polar surface area (TPSA) is 44.7 Å². The van der Waals surface area contributed by atoms with Crippen LogP contribution < -0.4 is 5.32 Å².